The second kappa shape index (κ2) is 9.06. The van der Waals surface area contributed by atoms with Gasteiger partial charge in [0, 0.05) is 24.8 Å². The van der Waals surface area contributed by atoms with Crippen LogP contribution >= 0.6 is 11.6 Å². The molecule has 11 heteroatoms. The first-order valence-electron chi connectivity index (χ1n) is 10.7. The molecule has 3 heterocycles. The predicted molar refractivity (Wildman–Crippen MR) is 125 cm³/mol. The molecular weight excluding hydrogens is 449 g/mol. The van der Waals surface area contributed by atoms with Gasteiger partial charge in [-0.05, 0) is 31.1 Å². The van der Waals surface area contributed by atoms with Crippen molar-refractivity contribution in [3.05, 3.63) is 63.8 Å². The number of rotatable bonds is 5. The fourth-order valence-corrected chi connectivity index (χ4v) is 4.51. The van der Waals surface area contributed by atoms with Crippen LogP contribution in [0.15, 0.2) is 53.1 Å². The number of nitrogens with one attached hydrogen (secondary N) is 3. The predicted octanol–water partition coefficient (Wildman–Crippen LogP) is 2.83. The van der Waals surface area contributed by atoms with Crippen molar-refractivity contribution in [1.82, 2.24) is 24.9 Å². The molecule has 1 fully saturated rings. The van der Waals surface area contributed by atoms with Crippen molar-refractivity contribution in [3.8, 4) is 11.3 Å². The highest BCUT2D eigenvalue weighted by atomic mass is 35.5. The molecular formula is C22H23ClFN7O2. The maximum atomic E-state index is 14.0. The number of aromatic amines is 1. The topological polar surface area (TPSA) is 123 Å². The number of fused-ring (bicyclic) bond motifs is 1. The number of halogens is 2. The number of nitrogens with two attached hydrogens (primary N) is 1. The molecule has 0 amide bonds. The number of aromatic nitrogens is 4. The van der Waals surface area contributed by atoms with Gasteiger partial charge in [-0.3, -0.25) is 15.8 Å². The highest BCUT2D eigenvalue weighted by Gasteiger charge is 2.26. The molecule has 5 rings (SSSR count). The summed E-state index contributed by atoms with van der Waals surface area (Å²) < 4.78 is 21.1. The number of hydrogen-bond acceptors (Lipinski definition) is 7. The maximum absolute atomic E-state index is 14.0. The van der Waals surface area contributed by atoms with E-state index in [-0.39, 0.29) is 23.7 Å². The molecule has 33 heavy (non-hydrogen) atoms. The normalized spacial score (nSPS) is 21.4. The number of imidazole rings is 1. The number of nitrogens with zero attached hydrogens (tertiary/aromatic N) is 3. The van der Waals surface area contributed by atoms with Gasteiger partial charge >= 0.3 is 5.69 Å². The molecule has 3 aromatic rings. The average Bonchev–Trinajstić information content (AvgIpc) is 3.15. The molecule has 0 bridgehead atoms. The van der Waals surface area contributed by atoms with Crippen molar-refractivity contribution in [2.24, 2.45) is 5.84 Å². The molecule has 5 N–H and O–H groups in total. The Morgan fingerprint density at radius 1 is 1.21 bits per heavy atom. The third kappa shape index (κ3) is 4.18. The third-order valence-corrected chi connectivity index (χ3v) is 6.26. The standard InChI is InChI=1S/C22H23ClFN7O2/c23-15-4-2-1-3-14(15)18-19-20(31(22(32)28-19)13-7-9-33-10-8-13)29-21(27-18)26-17-11-12(24)5-6-16(17)30-25/h1-6,11,13,16-17,30H,7-10,25H2,(H,28,32)(H,26,27,29). The van der Waals surface area contributed by atoms with Gasteiger partial charge in [-0.15, -0.1) is 0 Å². The highest BCUT2D eigenvalue weighted by molar-refractivity contribution is 6.33. The molecule has 1 saturated heterocycles. The van der Waals surface area contributed by atoms with Gasteiger partial charge in [0.15, 0.2) is 5.65 Å². The van der Waals surface area contributed by atoms with E-state index in [4.69, 9.17) is 22.2 Å². The van der Waals surface area contributed by atoms with E-state index in [1.165, 1.54) is 12.2 Å². The van der Waals surface area contributed by atoms with Crippen LogP contribution in [0, 0.1) is 0 Å². The lowest BCUT2D eigenvalue weighted by molar-refractivity contribution is 0.0697. The van der Waals surface area contributed by atoms with Crippen LogP contribution in [0.25, 0.3) is 22.4 Å². The van der Waals surface area contributed by atoms with Crippen molar-refractivity contribution in [2.75, 3.05) is 18.5 Å². The molecule has 2 atom stereocenters. The first-order chi connectivity index (χ1) is 16.0. The zero-order valence-corrected chi connectivity index (χ0v) is 18.3. The fourth-order valence-electron chi connectivity index (χ4n) is 4.28. The summed E-state index contributed by atoms with van der Waals surface area (Å²) >= 11 is 6.47. The molecule has 1 aliphatic heterocycles. The van der Waals surface area contributed by atoms with E-state index >= 15 is 0 Å². The van der Waals surface area contributed by atoms with Gasteiger partial charge in [0.2, 0.25) is 5.95 Å². The van der Waals surface area contributed by atoms with Gasteiger partial charge in [-0.25, -0.2) is 14.2 Å². The minimum atomic E-state index is -0.543. The smallest absolute Gasteiger partial charge is 0.327 e. The van der Waals surface area contributed by atoms with Crippen LogP contribution in [0.1, 0.15) is 18.9 Å². The summed E-state index contributed by atoms with van der Waals surface area (Å²) in [5.74, 6) is 5.46. The Labute approximate surface area is 193 Å². The largest absolute Gasteiger partial charge is 0.381 e. The summed E-state index contributed by atoms with van der Waals surface area (Å²) in [7, 11) is 0. The fraction of sp³-hybridized carbons (Fsp3) is 0.318. The Kier molecular flexibility index (Phi) is 5.98. The Morgan fingerprint density at radius 2 is 2.00 bits per heavy atom. The minimum Gasteiger partial charge on any atom is -0.381 e. The Balaban J connectivity index is 1.67. The number of benzene rings is 1. The van der Waals surface area contributed by atoms with E-state index in [2.05, 4.69) is 25.7 Å². The van der Waals surface area contributed by atoms with Crippen LogP contribution in [-0.4, -0.2) is 44.8 Å². The van der Waals surface area contributed by atoms with Crippen molar-refractivity contribution < 1.29 is 9.13 Å². The summed E-state index contributed by atoms with van der Waals surface area (Å²) in [6, 6.07) is 6.26. The van der Waals surface area contributed by atoms with Gasteiger partial charge in [0.1, 0.15) is 17.0 Å². The lowest BCUT2D eigenvalue weighted by Crippen LogP contribution is -2.46. The van der Waals surface area contributed by atoms with E-state index < -0.39 is 11.9 Å². The van der Waals surface area contributed by atoms with Crippen molar-refractivity contribution in [3.63, 3.8) is 0 Å². The minimum absolute atomic E-state index is 0.0599. The lowest BCUT2D eigenvalue weighted by Gasteiger charge is -2.25. The van der Waals surface area contributed by atoms with E-state index in [1.54, 1.807) is 16.7 Å². The summed E-state index contributed by atoms with van der Waals surface area (Å²) in [6.45, 7) is 1.14. The third-order valence-electron chi connectivity index (χ3n) is 5.93. The molecule has 2 aliphatic rings. The second-order valence-corrected chi connectivity index (χ2v) is 8.40. The summed E-state index contributed by atoms with van der Waals surface area (Å²) in [5.41, 5.74) is 4.43. The number of allylic oxidation sites excluding steroid dienone is 2. The van der Waals surface area contributed by atoms with E-state index in [9.17, 15) is 9.18 Å². The number of hydrogen-bond donors (Lipinski definition) is 4. The van der Waals surface area contributed by atoms with E-state index in [0.29, 0.717) is 53.5 Å². The van der Waals surface area contributed by atoms with Crippen molar-refractivity contribution in [2.45, 2.75) is 31.0 Å². The molecule has 0 spiro atoms. The SMILES string of the molecule is NNC1C=CC(F)=CC1Nc1nc(-c2ccccc2Cl)c2[nH]c(=O)n(C3CCOCC3)c2n1. The van der Waals surface area contributed by atoms with Crippen molar-refractivity contribution in [1.29, 1.82) is 0 Å². The van der Waals surface area contributed by atoms with Gasteiger partial charge in [0.25, 0.3) is 0 Å². The molecule has 172 valence electrons. The number of hydrazine groups is 1. The van der Waals surface area contributed by atoms with Gasteiger partial charge in [-0.1, -0.05) is 35.9 Å². The van der Waals surface area contributed by atoms with Crippen molar-refractivity contribution >= 4 is 28.7 Å². The van der Waals surface area contributed by atoms with Crippen LogP contribution in [0.5, 0.6) is 0 Å². The number of anilines is 1. The molecule has 1 aliphatic carbocycles. The Hall–Kier alpha value is -3.05. The summed E-state index contributed by atoms with van der Waals surface area (Å²) in [6.07, 6.45) is 5.75. The second-order valence-electron chi connectivity index (χ2n) is 7.99. The van der Waals surface area contributed by atoms with Crippen LogP contribution in [-0.2, 0) is 4.74 Å². The maximum Gasteiger partial charge on any atom is 0.327 e. The number of ether oxygens (including phenoxy) is 1. The Bertz CT molecular complexity index is 1300. The Morgan fingerprint density at radius 3 is 2.76 bits per heavy atom. The van der Waals surface area contributed by atoms with E-state index in [1.807, 2.05) is 18.2 Å². The van der Waals surface area contributed by atoms with Crippen LogP contribution in [0.3, 0.4) is 0 Å². The van der Waals surface area contributed by atoms with E-state index in [0.717, 1.165) is 0 Å². The zero-order valence-electron chi connectivity index (χ0n) is 17.6. The molecule has 9 nitrogen and oxygen atoms in total. The molecule has 2 aromatic heterocycles. The monoisotopic (exact) mass is 471 g/mol. The first-order valence-corrected chi connectivity index (χ1v) is 11.1. The molecule has 0 radical (unpaired) electrons. The highest BCUT2D eigenvalue weighted by Crippen LogP contribution is 2.33. The molecule has 2 unspecified atom stereocenters. The molecule has 1 aromatic carbocycles. The van der Waals surface area contributed by atoms with Crippen LogP contribution in [0.4, 0.5) is 10.3 Å². The summed E-state index contributed by atoms with van der Waals surface area (Å²) in [5, 5.41) is 3.63. The van der Waals surface area contributed by atoms with Gasteiger partial charge in [0.05, 0.1) is 17.1 Å². The number of H-pyrrole nitrogens is 1. The van der Waals surface area contributed by atoms with Crippen LogP contribution in [0.2, 0.25) is 5.02 Å². The average molecular weight is 472 g/mol. The zero-order chi connectivity index (χ0) is 22.9. The molecule has 0 saturated carbocycles. The lowest BCUT2D eigenvalue weighted by atomic mass is 10.0. The van der Waals surface area contributed by atoms with Crippen LogP contribution < -0.4 is 22.3 Å². The summed E-state index contributed by atoms with van der Waals surface area (Å²) in [4.78, 5) is 25.2. The van der Waals surface area contributed by atoms with Gasteiger partial charge < -0.3 is 15.0 Å². The van der Waals surface area contributed by atoms with Gasteiger partial charge in [-0.2, -0.15) is 4.98 Å². The first kappa shape index (κ1) is 21.8. The quantitative estimate of drug-likeness (QED) is 0.333.